The van der Waals surface area contributed by atoms with Gasteiger partial charge in [0.1, 0.15) is 0 Å². The second-order valence-corrected chi connectivity index (χ2v) is 6.98. The first-order chi connectivity index (χ1) is 9.74. The molecule has 1 N–H and O–H groups in total. The fraction of sp³-hybridized carbons (Fsp3) is 1.00. The Morgan fingerprint density at radius 2 is 2.00 bits per heavy atom. The van der Waals surface area contributed by atoms with Crippen molar-refractivity contribution >= 4 is 0 Å². The Labute approximate surface area is 123 Å². The molecule has 1 saturated carbocycles. The number of nitrogens with zero attached hydrogens (tertiary/aromatic N) is 2. The van der Waals surface area contributed by atoms with Gasteiger partial charge in [-0.2, -0.15) is 0 Å². The number of hydrogen-bond acceptors (Lipinski definition) is 4. The molecular weight excluding hydrogens is 252 g/mol. The van der Waals surface area contributed by atoms with Gasteiger partial charge in [0.05, 0.1) is 18.8 Å². The van der Waals surface area contributed by atoms with Crippen molar-refractivity contribution in [2.75, 3.05) is 39.8 Å². The minimum Gasteiger partial charge on any atom is -0.393 e. The molecule has 0 amide bonds. The van der Waals surface area contributed by atoms with E-state index < -0.39 is 0 Å². The quantitative estimate of drug-likeness (QED) is 0.847. The lowest BCUT2D eigenvalue weighted by atomic mass is 9.87. The summed E-state index contributed by atoms with van der Waals surface area (Å²) in [4.78, 5) is 5.00. The fourth-order valence-electron chi connectivity index (χ4n) is 4.39. The first-order valence-corrected chi connectivity index (χ1v) is 8.46. The molecule has 116 valence electrons. The van der Waals surface area contributed by atoms with E-state index in [0.29, 0.717) is 18.1 Å². The minimum atomic E-state index is -0.0597. The molecule has 3 rings (SSSR count). The summed E-state index contributed by atoms with van der Waals surface area (Å²) < 4.78 is 5.94. The summed E-state index contributed by atoms with van der Waals surface area (Å²) in [5.41, 5.74) is 0. The van der Waals surface area contributed by atoms with Gasteiger partial charge in [0.25, 0.3) is 0 Å². The van der Waals surface area contributed by atoms with Crippen molar-refractivity contribution < 1.29 is 9.84 Å². The summed E-state index contributed by atoms with van der Waals surface area (Å²) in [6, 6.07) is 0.595. The lowest BCUT2D eigenvalue weighted by molar-refractivity contribution is -0.0559. The van der Waals surface area contributed by atoms with Gasteiger partial charge in [0.2, 0.25) is 0 Å². The van der Waals surface area contributed by atoms with Crippen LogP contribution >= 0.6 is 0 Å². The Hall–Kier alpha value is -0.160. The number of rotatable bonds is 3. The van der Waals surface area contributed by atoms with Crippen LogP contribution in [0.25, 0.3) is 0 Å². The molecule has 20 heavy (non-hydrogen) atoms. The van der Waals surface area contributed by atoms with Crippen molar-refractivity contribution in [3.8, 4) is 0 Å². The highest BCUT2D eigenvalue weighted by Crippen LogP contribution is 2.35. The maximum atomic E-state index is 10.2. The van der Waals surface area contributed by atoms with Crippen LogP contribution in [0.2, 0.25) is 0 Å². The highest BCUT2D eigenvalue weighted by atomic mass is 16.5. The van der Waals surface area contributed by atoms with Crippen LogP contribution in [0.15, 0.2) is 0 Å². The highest BCUT2D eigenvalue weighted by molar-refractivity contribution is 4.91. The van der Waals surface area contributed by atoms with Crippen molar-refractivity contribution in [1.29, 1.82) is 0 Å². The van der Waals surface area contributed by atoms with E-state index in [4.69, 9.17) is 4.74 Å². The zero-order valence-corrected chi connectivity index (χ0v) is 12.8. The summed E-state index contributed by atoms with van der Waals surface area (Å²) in [7, 11) is 2.18. The van der Waals surface area contributed by atoms with Crippen molar-refractivity contribution in [2.45, 2.75) is 56.8 Å². The van der Waals surface area contributed by atoms with Gasteiger partial charge in [-0.3, -0.25) is 4.90 Å². The van der Waals surface area contributed by atoms with Gasteiger partial charge in [-0.1, -0.05) is 12.8 Å². The van der Waals surface area contributed by atoms with Gasteiger partial charge in [-0.05, 0) is 39.3 Å². The SMILES string of the molecule is CN1CCOC(CN2CCCCC2C2CCCC2O)C1. The molecule has 2 heterocycles. The third-order valence-corrected chi connectivity index (χ3v) is 5.47. The Morgan fingerprint density at radius 3 is 2.75 bits per heavy atom. The van der Waals surface area contributed by atoms with E-state index in [9.17, 15) is 5.11 Å². The molecule has 0 bridgehead atoms. The number of likely N-dealkylation sites (N-methyl/N-ethyl adjacent to an activating group) is 1. The molecule has 0 aromatic heterocycles. The fourth-order valence-corrected chi connectivity index (χ4v) is 4.39. The van der Waals surface area contributed by atoms with E-state index in [2.05, 4.69) is 16.8 Å². The second-order valence-electron chi connectivity index (χ2n) is 6.98. The van der Waals surface area contributed by atoms with Crippen LogP contribution in [-0.4, -0.2) is 73.0 Å². The summed E-state index contributed by atoms with van der Waals surface area (Å²) in [5, 5.41) is 10.2. The maximum absolute atomic E-state index is 10.2. The second kappa shape index (κ2) is 6.73. The van der Waals surface area contributed by atoms with E-state index in [1.54, 1.807) is 0 Å². The van der Waals surface area contributed by atoms with Gasteiger partial charge in [0, 0.05) is 31.6 Å². The lowest BCUT2D eigenvalue weighted by Gasteiger charge is -2.43. The third kappa shape index (κ3) is 3.35. The molecule has 3 aliphatic rings. The number of ether oxygens (including phenoxy) is 1. The van der Waals surface area contributed by atoms with Gasteiger partial charge in [-0.25, -0.2) is 0 Å². The monoisotopic (exact) mass is 282 g/mol. The molecule has 2 saturated heterocycles. The lowest BCUT2D eigenvalue weighted by Crippen LogP contribution is -2.52. The van der Waals surface area contributed by atoms with Gasteiger partial charge in [-0.15, -0.1) is 0 Å². The smallest absolute Gasteiger partial charge is 0.0829 e. The molecule has 3 fully saturated rings. The Kier molecular flexibility index (Phi) is 4.97. The largest absolute Gasteiger partial charge is 0.393 e. The highest BCUT2D eigenvalue weighted by Gasteiger charge is 2.37. The van der Waals surface area contributed by atoms with E-state index in [1.165, 1.54) is 38.6 Å². The Morgan fingerprint density at radius 1 is 1.10 bits per heavy atom. The van der Waals surface area contributed by atoms with Crippen LogP contribution in [0.5, 0.6) is 0 Å². The van der Waals surface area contributed by atoms with Gasteiger partial charge < -0.3 is 14.7 Å². The van der Waals surface area contributed by atoms with Crippen molar-refractivity contribution in [2.24, 2.45) is 5.92 Å². The molecule has 0 aromatic rings. The summed E-state index contributed by atoms with van der Waals surface area (Å²) in [6.07, 6.45) is 7.63. The molecular formula is C16H30N2O2. The van der Waals surface area contributed by atoms with Crippen molar-refractivity contribution in [3.63, 3.8) is 0 Å². The first-order valence-electron chi connectivity index (χ1n) is 8.46. The third-order valence-electron chi connectivity index (χ3n) is 5.47. The van der Waals surface area contributed by atoms with Crippen LogP contribution in [-0.2, 0) is 4.74 Å². The molecule has 4 unspecified atom stereocenters. The Balaban J connectivity index is 1.60. The van der Waals surface area contributed by atoms with Crippen LogP contribution in [0.1, 0.15) is 38.5 Å². The average Bonchev–Trinajstić information content (AvgIpc) is 2.86. The summed E-state index contributed by atoms with van der Waals surface area (Å²) >= 11 is 0. The standard InChI is InChI=1S/C16H30N2O2/c1-17-9-10-20-13(11-17)12-18-8-3-2-6-15(18)14-5-4-7-16(14)19/h13-16,19H,2-12H2,1H3. The van der Waals surface area contributed by atoms with E-state index in [1.807, 2.05) is 0 Å². The number of likely N-dealkylation sites (tertiary alicyclic amines) is 1. The van der Waals surface area contributed by atoms with Crippen LogP contribution in [0.4, 0.5) is 0 Å². The number of morpholine rings is 1. The molecule has 4 nitrogen and oxygen atoms in total. The normalized spacial score (nSPS) is 41.1. The number of aliphatic hydroxyl groups is 1. The number of piperidine rings is 1. The summed E-state index contributed by atoms with van der Waals surface area (Å²) in [5.74, 6) is 0.511. The van der Waals surface area contributed by atoms with Crippen LogP contribution < -0.4 is 0 Å². The zero-order chi connectivity index (χ0) is 13.9. The zero-order valence-electron chi connectivity index (χ0n) is 12.8. The van der Waals surface area contributed by atoms with Crippen LogP contribution in [0.3, 0.4) is 0 Å². The van der Waals surface area contributed by atoms with Crippen LogP contribution in [0, 0.1) is 5.92 Å². The van der Waals surface area contributed by atoms with Crippen molar-refractivity contribution in [1.82, 2.24) is 9.80 Å². The predicted octanol–water partition coefficient (Wildman–Crippen LogP) is 1.33. The molecule has 4 atom stereocenters. The predicted molar refractivity (Wildman–Crippen MR) is 79.8 cm³/mol. The van der Waals surface area contributed by atoms with Gasteiger partial charge >= 0.3 is 0 Å². The van der Waals surface area contributed by atoms with Crippen molar-refractivity contribution in [3.05, 3.63) is 0 Å². The van der Waals surface area contributed by atoms with E-state index in [-0.39, 0.29) is 6.10 Å². The molecule has 4 heteroatoms. The molecule has 0 radical (unpaired) electrons. The molecule has 2 aliphatic heterocycles. The van der Waals surface area contributed by atoms with Gasteiger partial charge in [0.15, 0.2) is 0 Å². The minimum absolute atomic E-state index is 0.0597. The molecule has 1 aliphatic carbocycles. The average molecular weight is 282 g/mol. The van der Waals surface area contributed by atoms with E-state index in [0.717, 1.165) is 32.7 Å². The first kappa shape index (κ1) is 14.8. The summed E-state index contributed by atoms with van der Waals surface area (Å²) in [6.45, 7) is 5.22. The number of hydrogen-bond donors (Lipinski definition) is 1. The number of aliphatic hydroxyl groups excluding tert-OH is 1. The molecule has 0 spiro atoms. The topological polar surface area (TPSA) is 35.9 Å². The molecule has 0 aromatic carbocycles. The van der Waals surface area contributed by atoms with E-state index >= 15 is 0 Å². The Bertz CT molecular complexity index is 313. The maximum Gasteiger partial charge on any atom is 0.0829 e.